The quantitative estimate of drug-likeness (QED) is 0.729. The number of fused-ring (bicyclic) bond motifs is 1. The van der Waals surface area contributed by atoms with Crippen molar-refractivity contribution in [3.63, 3.8) is 0 Å². The molecule has 0 aliphatic carbocycles. The van der Waals surface area contributed by atoms with Crippen LogP contribution in [-0.4, -0.2) is 40.1 Å². The van der Waals surface area contributed by atoms with Gasteiger partial charge in [-0.05, 0) is 37.1 Å². The number of amides is 1. The second-order valence-electron chi connectivity index (χ2n) is 7.09. The van der Waals surface area contributed by atoms with E-state index < -0.39 is 0 Å². The van der Waals surface area contributed by atoms with Crippen molar-refractivity contribution in [2.24, 2.45) is 0 Å². The highest BCUT2D eigenvalue weighted by molar-refractivity contribution is 5.91. The fourth-order valence-corrected chi connectivity index (χ4v) is 3.65. The van der Waals surface area contributed by atoms with Gasteiger partial charge in [0.25, 0.3) is 0 Å². The van der Waals surface area contributed by atoms with Gasteiger partial charge in [-0.3, -0.25) is 4.79 Å². The number of nitrogens with zero attached hydrogens (tertiary/aromatic N) is 3. The standard InChI is InChI=1S/C22H24N4O2/c1-2-20(28)23-15-11-13-26(14-12-15)22-16-7-3-5-9-18(16)24-21(25-22)17-8-4-6-10-19(17)27/h3-10,15,27H,2,11-14H2,1H3,(H,23,28). The Balaban J connectivity index is 1.67. The molecule has 0 spiro atoms. The van der Waals surface area contributed by atoms with Crippen LogP contribution in [0.15, 0.2) is 48.5 Å². The fraction of sp³-hybridized carbons (Fsp3) is 0.318. The summed E-state index contributed by atoms with van der Waals surface area (Å²) >= 11 is 0. The molecule has 1 fully saturated rings. The molecule has 2 heterocycles. The van der Waals surface area contributed by atoms with Gasteiger partial charge in [0.15, 0.2) is 5.82 Å². The van der Waals surface area contributed by atoms with E-state index >= 15 is 0 Å². The summed E-state index contributed by atoms with van der Waals surface area (Å²) in [5, 5.41) is 14.3. The number of aromatic hydroxyl groups is 1. The number of piperidine rings is 1. The molecule has 28 heavy (non-hydrogen) atoms. The fourth-order valence-electron chi connectivity index (χ4n) is 3.65. The molecule has 2 aromatic carbocycles. The Hall–Kier alpha value is -3.15. The van der Waals surface area contributed by atoms with E-state index in [0.717, 1.165) is 42.7 Å². The molecule has 3 aromatic rings. The summed E-state index contributed by atoms with van der Waals surface area (Å²) in [7, 11) is 0. The Morgan fingerprint density at radius 3 is 2.57 bits per heavy atom. The van der Waals surface area contributed by atoms with E-state index in [1.165, 1.54) is 0 Å². The second kappa shape index (κ2) is 7.84. The highest BCUT2D eigenvalue weighted by atomic mass is 16.3. The van der Waals surface area contributed by atoms with Gasteiger partial charge in [0.2, 0.25) is 5.91 Å². The normalized spacial score (nSPS) is 15.0. The van der Waals surface area contributed by atoms with Crippen LogP contribution in [-0.2, 0) is 4.79 Å². The summed E-state index contributed by atoms with van der Waals surface area (Å²) < 4.78 is 0. The van der Waals surface area contributed by atoms with E-state index in [-0.39, 0.29) is 17.7 Å². The lowest BCUT2D eigenvalue weighted by molar-refractivity contribution is -0.121. The first-order valence-corrected chi connectivity index (χ1v) is 9.75. The van der Waals surface area contributed by atoms with Crippen molar-refractivity contribution in [2.45, 2.75) is 32.2 Å². The highest BCUT2D eigenvalue weighted by Crippen LogP contribution is 2.32. The van der Waals surface area contributed by atoms with Gasteiger partial charge in [-0.25, -0.2) is 9.97 Å². The zero-order valence-corrected chi connectivity index (χ0v) is 15.9. The molecule has 6 nitrogen and oxygen atoms in total. The smallest absolute Gasteiger partial charge is 0.219 e. The van der Waals surface area contributed by atoms with Gasteiger partial charge in [0, 0.05) is 30.9 Å². The minimum atomic E-state index is 0.104. The lowest BCUT2D eigenvalue weighted by Crippen LogP contribution is -2.44. The molecule has 0 unspecified atom stereocenters. The molecule has 144 valence electrons. The van der Waals surface area contributed by atoms with E-state index in [9.17, 15) is 9.90 Å². The molecule has 0 saturated carbocycles. The molecule has 0 radical (unpaired) electrons. The second-order valence-corrected chi connectivity index (χ2v) is 7.09. The number of carbonyl (C=O) groups is 1. The predicted octanol–water partition coefficient (Wildman–Crippen LogP) is 3.50. The molecule has 1 saturated heterocycles. The number of aromatic nitrogens is 2. The number of hydrogen-bond donors (Lipinski definition) is 2. The molecule has 1 aliphatic heterocycles. The molecule has 1 aromatic heterocycles. The van der Waals surface area contributed by atoms with Crippen molar-refractivity contribution < 1.29 is 9.90 Å². The van der Waals surface area contributed by atoms with E-state index in [2.05, 4.69) is 15.2 Å². The topological polar surface area (TPSA) is 78.4 Å². The summed E-state index contributed by atoms with van der Waals surface area (Å²) in [6.07, 6.45) is 2.28. The molecule has 0 atom stereocenters. The maximum Gasteiger partial charge on any atom is 0.219 e. The van der Waals surface area contributed by atoms with Gasteiger partial charge in [0.05, 0.1) is 11.1 Å². The number of phenolic OH excluding ortho intramolecular Hbond substituents is 1. The van der Waals surface area contributed by atoms with Gasteiger partial charge in [-0.2, -0.15) is 0 Å². The number of carbonyl (C=O) groups excluding carboxylic acids is 1. The number of phenols is 1. The molecular formula is C22H24N4O2. The molecule has 4 rings (SSSR count). The number of benzene rings is 2. The molecule has 0 bridgehead atoms. The Bertz CT molecular complexity index is 997. The van der Waals surface area contributed by atoms with E-state index in [0.29, 0.717) is 17.8 Å². The number of rotatable bonds is 4. The molecule has 1 amide bonds. The van der Waals surface area contributed by atoms with Crippen LogP contribution >= 0.6 is 0 Å². The average Bonchev–Trinajstić information content (AvgIpc) is 2.74. The van der Waals surface area contributed by atoms with Crippen molar-refractivity contribution in [2.75, 3.05) is 18.0 Å². The van der Waals surface area contributed by atoms with Crippen LogP contribution in [0.5, 0.6) is 5.75 Å². The first kappa shape index (κ1) is 18.2. The van der Waals surface area contributed by atoms with Crippen molar-refractivity contribution in [1.29, 1.82) is 0 Å². The maximum absolute atomic E-state index is 11.7. The minimum Gasteiger partial charge on any atom is -0.507 e. The Kier molecular flexibility index (Phi) is 5.10. The lowest BCUT2D eigenvalue weighted by atomic mass is 10.0. The molecular weight excluding hydrogens is 352 g/mol. The third kappa shape index (κ3) is 3.63. The van der Waals surface area contributed by atoms with Crippen molar-refractivity contribution in [3.05, 3.63) is 48.5 Å². The third-order valence-corrected chi connectivity index (χ3v) is 5.21. The monoisotopic (exact) mass is 376 g/mol. The molecule has 6 heteroatoms. The van der Waals surface area contributed by atoms with E-state index in [1.807, 2.05) is 43.3 Å². The Morgan fingerprint density at radius 1 is 1.11 bits per heavy atom. The number of hydrogen-bond acceptors (Lipinski definition) is 5. The molecule has 1 aliphatic rings. The van der Waals surface area contributed by atoms with Crippen LogP contribution in [0, 0.1) is 0 Å². The van der Waals surface area contributed by atoms with Crippen LogP contribution in [0.3, 0.4) is 0 Å². The number of nitrogens with one attached hydrogen (secondary N) is 1. The lowest BCUT2D eigenvalue weighted by Gasteiger charge is -2.33. The first-order valence-electron chi connectivity index (χ1n) is 9.75. The van der Waals surface area contributed by atoms with Gasteiger partial charge < -0.3 is 15.3 Å². The van der Waals surface area contributed by atoms with Crippen LogP contribution in [0.25, 0.3) is 22.3 Å². The summed E-state index contributed by atoms with van der Waals surface area (Å²) in [5.41, 5.74) is 1.48. The van der Waals surface area contributed by atoms with Crippen LogP contribution < -0.4 is 10.2 Å². The predicted molar refractivity (Wildman–Crippen MR) is 110 cm³/mol. The Labute approximate surface area is 164 Å². The SMILES string of the molecule is CCC(=O)NC1CCN(c2nc(-c3ccccc3O)nc3ccccc23)CC1. The number of anilines is 1. The van der Waals surface area contributed by atoms with E-state index in [1.54, 1.807) is 12.1 Å². The van der Waals surface area contributed by atoms with Gasteiger partial charge in [-0.1, -0.05) is 31.2 Å². The first-order chi connectivity index (χ1) is 13.7. The molecule has 2 N–H and O–H groups in total. The largest absolute Gasteiger partial charge is 0.507 e. The summed E-state index contributed by atoms with van der Waals surface area (Å²) in [6, 6.07) is 15.3. The summed E-state index contributed by atoms with van der Waals surface area (Å²) in [4.78, 5) is 23.4. The van der Waals surface area contributed by atoms with Crippen LogP contribution in [0.2, 0.25) is 0 Å². The van der Waals surface area contributed by atoms with Crippen molar-refractivity contribution in [1.82, 2.24) is 15.3 Å². The third-order valence-electron chi connectivity index (χ3n) is 5.21. The highest BCUT2D eigenvalue weighted by Gasteiger charge is 2.23. The van der Waals surface area contributed by atoms with Crippen molar-refractivity contribution >= 4 is 22.6 Å². The summed E-state index contributed by atoms with van der Waals surface area (Å²) in [5.74, 6) is 1.68. The van der Waals surface area contributed by atoms with Gasteiger partial charge >= 0.3 is 0 Å². The van der Waals surface area contributed by atoms with E-state index in [4.69, 9.17) is 4.98 Å². The number of para-hydroxylation sites is 2. The zero-order chi connectivity index (χ0) is 19.5. The average molecular weight is 376 g/mol. The van der Waals surface area contributed by atoms with Gasteiger partial charge in [-0.15, -0.1) is 0 Å². The maximum atomic E-state index is 11.7. The summed E-state index contributed by atoms with van der Waals surface area (Å²) in [6.45, 7) is 3.50. The van der Waals surface area contributed by atoms with Crippen LogP contribution in [0.1, 0.15) is 26.2 Å². The van der Waals surface area contributed by atoms with Gasteiger partial charge in [0.1, 0.15) is 11.6 Å². The van der Waals surface area contributed by atoms with Crippen LogP contribution in [0.4, 0.5) is 5.82 Å². The Morgan fingerprint density at radius 2 is 1.82 bits per heavy atom. The minimum absolute atomic E-state index is 0.104. The zero-order valence-electron chi connectivity index (χ0n) is 15.9. The van der Waals surface area contributed by atoms with Crippen molar-refractivity contribution in [3.8, 4) is 17.1 Å².